The van der Waals surface area contributed by atoms with E-state index in [-0.39, 0.29) is 32.7 Å². The SMILES string of the molecule is CN(CCC(=O)O)S(=O)(=O)N1CC(CO)OC(C)(C)C1. The fourth-order valence-corrected chi connectivity index (χ4v) is 3.62. The van der Waals surface area contributed by atoms with Crippen molar-refractivity contribution in [3.63, 3.8) is 0 Å². The van der Waals surface area contributed by atoms with Gasteiger partial charge in [0, 0.05) is 26.7 Å². The summed E-state index contributed by atoms with van der Waals surface area (Å²) in [6.07, 6.45) is -0.839. The van der Waals surface area contributed by atoms with Crippen LogP contribution in [0.5, 0.6) is 0 Å². The smallest absolute Gasteiger partial charge is 0.304 e. The first-order valence-electron chi connectivity index (χ1n) is 6.30. The maximum Gasteiger partial charge on any atom is 0.304 e. The number of morpholine rings is 1. The number of rotatable bonds is 6. The molecular weight excluding hydrogens is 288 g/mol. The zero-order valence-electron chi connectivity index (χ0n) is 11.9. The zero-order chi connectivity index (χ0) is 15.6. The van der Waals surface area contributed by atoms with Gasteiger partial charge in [-0.3, -0.25) is 4.79 Å². The molecule has 1 saturated heterocycles. The molecule has 1 fully saturated rings. The van der Waals surface area contributed by atoms with Gasteiger partial charge in [0.2, 0.25) is 0 Å². The van der Waals surface area contributed by atoms with Crippen LogP contribution in [0.4, 0.5) is 0 Å². The molecule has 0 saturated carbocycles. The molecule has 1 atom stereocenters. The summed E-state index contributed by atoms with van der Waals surface area (Å²) in [5.41, 5.74) is -0.702. The van der Waals surface area contributed by atoms with Crippen LogP contribution >= 0.6 is 0 Å². The number of aliphatic hydroxyl groups excluding tert-OH is 1. The van der Waals surface area contributed by atoms with Crippen molar-refractivity contribution >= 4 is 16.2 Å². The first kappa shape index (κ1) is 17.3. The van der Waals surface area contributed by atoms with Gasteiger partial charge in [-0.15, -0.1) is 0 Å². The van der Waals surface area contributed by atoms with E-state index in [1.54, 1.807) is 13.8 Å². The summed E-state index contributed by atoms with van der Waals surface area (Å²) in [6, 6.07) is 0. The van der Waals surface area contributed by atoms with E-state index in [1.165, 1.54) is 11.4 Å². The second-order valence-corrected chi connectivity index (χ2v) is 7.48. The van der Waals surface area contributed by atoms with Gasteiger partial charge in [0.05, 0.1) is 24.7 Å². The van der Waals surface area contributed by atoms with Crippen LogP contribution in [0.1, 0.15) is 20.3 Å². The maximum absolute atomic E-state index is 12.4. The Morgan fingerprint density at radius 1 is 1.50 bits per heavy atom. The molecule has 0 spiro atoms. The van der Waals surface area contributed by atoms with Gasteiger partial charge < -0.3 is 14.9 Å². The van der Waals surface area contributed by atoms with Gasteiger partial charge in [0.1, 0.15) is 0 Å². The van der Waals surface area contributed by atoms with Gasteiger partial charge in [-0.25, -0.2) is 0 Å². The first-order valence-corrected chi connectivity index (χ1v) is 7.70. The average molecular weight is 310 g/mol. The van der Waals surface area contributed by atoms with Crippen LogP contribution < -0.4 is 0 Å². The molecule has 8 nitrogen and oxygen atoms in total. The van der Waals surface area contributed by atoms with Crippen LogP contribution in [0.15, 0.2) is 0 Å². The summed E-state index contributed by atoms with van der Waals surface area (Å²) in [5, 5.41) is 17.8. The van der Waals surface area contributed by atoms with E-state index in [2.05, 4.69) is 0 Å². The number of hydrogen-bond acceptors (Lipinski definition) is 5. The molecule has 2 N–H and O–H groups in total. The van der Waals surface area contributed by atoms with E-state index >= 15 is 0 Å². The second-order valence-electron chi connectivity index (χ2n) is 5.45. The Hall–Kier alpha value is -0.740. The largest absolute Gasteiger partial charge is 0.481 e. The monoisotopic (exact) mass is 310 g/mol. The number of ether oxygens (including phenoxy) is 1. The first-order chi connectivity index (χ1) is 9.08. The topological polar surface area (TPSA) is 107 Å². The fourth-order valence-electron chi connectivity index (χ4n) is 2.08. The highest BCUT2D eigenvalue weighted by Crippen LogP contribution is 2.24. The highest BCUT2D eigenvalue weighted by atomic mass is 32.2. The van der Waals surface area contributed by atoms with Crippen molar-refractivity contribution in [2.24, 2.45) is 0 Å². The summed E-state index contributed by atoms with van der Waals surface area (Å²) < 4.78 is 32.5. The third kappa shape index (κ3) is 4.38. The van der Waals surface area contributed by atoms with Gasteiger partial charge in [-0.1, -0.05) is 0 Å². The van der Waals surface area contributed by atoms with Crippen LogP contribution in [0, 0.1) is 0 Å². The minimum atomic E-state index is -3.76. The molecule has 1 aliphatic heterocycles. The third-order valence-corrected chi connectivity index (χ3v) is 4.92. The van der Waals surface area contributed by atoms with Gasteiger partial charge in [-0.2, -0.15) is 17.0 Å². The molecule has 0 amide bonds. The zero-order valence-corrected chi connectivity index (χ0v) is 12.8. The number of carboxylic acid groups (broad SMARTS) is 1. The molecule has 0 aromatic carbocycles. The van der Waals surface area contributed by atoms with Crippen molar-refractivity contribution in [2.45, 2.75) is 32.0 Å². The van der Waals surface area contributed by atoms with Gasteiger partial charge in [0.15, 0.2) is 0 Å². The quantitative estimate of drug-likeness (QED) is 0.659. The number of hydrogen-bond donors (Lipinski definition) is 2. The highest BCUT2D eigenvalue weighted by molar-refractivity contribution is 7.86. The Balaban J connectivity index is 2.82. The molecule has 20 heavy (non-hydrogen) atoms. The number of nitrogens with zero attached hydrogens (tertiary/aromatic N) is 2. The lowest BCUT2D eigenvalue weighted by atomic mass is 10.1. The number of carbonyl (C=O) groups is 1. The average Bonchev–Trinajstić information content (AvgIpc) is 2.33. The minimum absolute atomic E-state index is 0.0552. The maximum atomic E-state index is 12.4. The molecule has 0 aromatic heterocycles. The van der Waals surface area contributed by atoms with Gasteiger partial charge in [0.25, 0.3) is 10.2 Å². The fraction of sp³-hybridized carbons (Fsp3) is 0.909. The lowest BCUT2D eigenvalue weighted by Crippen LogP contribution is -2.58. The second kappa shape index (κ2) is 6.35. The Morgan fingerprint density at radius 3 is 2.60 bits per heavy atom. The van der Waals surface area contributed by atoms with E-state index in [1.807, 2.05) is 0 Å². The summed E-state index contributed by atoms with van der Waals surface area (Å²) in [6.45, 7) is 3.33. The lowest BCUT2D eigenvalue weighted by Gasteiger charge is -2.42. The van der Waals surface area contributed by atoms with Crippen molar-refractivity contribution in [3.8, 4) is 0 Å². The molecule has 1 rings (SSSR count). The summed E-state index contributed by atoms with van der Waals surface area (Å²) in [7, 11) is -2.42. The third-order valence-electron chi connectivity index (χ3n) is 3.01. The standard InChI is InChI=1S/C11H22N2O6S/c1-11(2)8-13(6-9(7-14)19-11)20(17,18)12(3)5-4-10(15)16/h9,14H,4-8H2,1-3H3,(H,15,16). The Morgan fingerprint density at radius 2 is 2.10 bits per heavy atom. The van der Waals surface area contributed by atoms with Gasteiger partial charge >= 0.3 is 5.97 Å². The number of carboxylic acids is 1. The van der Waals surface area contributed by atoms with Crippen molar-refractivity contribution in [1.29, 1.82) is 0 Å². The van der Waals surface area contributed by atoms with E-state index < -0.39 is 27.9 Å². The van der Waals surface area contributed by atoms with Crippen LogP contribution in [0.25, 0.3) is 0 Å². The molecule has 0 radical (unpaired) electrons. The predicted octanol–water partition coefficient (Wildman–Crippen LogP) is -0.891. The van der Waals surface area contributed by atoms with E-state index in [0.29, 0.717) is 0 Å². The molecule has 9 heteroatoms. The number of aliphatic hydroxyl groups is 1. The van der Waals surface area contributed by atoms with Crippen molar-refractivity contribution in [2.75, 3.05) is 33.3 Å². The predicted molar refractivity (Wildman–Crippen MR) is 71.4 cm³/mol. The molecule has 1 unspecified atom stereocenters. The Kier molecular flexibility index (Phi) is 5.50. The summed E-state index contributed by atoms with van der Waals surface area (Å²) >= 11 is 0. The highest BCUT2D eigenvalue weighted by Gasteiger charge is 2.40. The van der Waals surface area contributed by atoms with Crippen LogP contribution in [0.3, 0.4) is 0 Å². The summed E-state index contributed by atoms with van der Waals surface area (Å²) in [4.78, 5) is 10.5. The molecule has 0 aromatic rings. The molecule has 1 aliphatic rings. The molecule has 0 aliphatic carbocycles. The van der Waals surface area contributed by atoms with E-state index in [0.717, 1.165) is 4.31 Å². The molecule has 0 bridgehead atoms. The summed E-state index contributed by atoms with van der Waals surface area (Å²) in [5.74, 6) is -1.05. The minimum Gasteiger partial charge on any atom is -0.481 e. The normalized spacial score (nSPS) is 23.9. The Bertz CT molecular complexity index is 450. The van der Waals surface area contributed by atoms with Crippen LogP contribution in [0.2, 0.25) is 0 Å². The molecule has 1 heterocycles. The van der Waals surface area contributed by atoms with Crippen LogP contribution in [-0.4, -0.2) is 78.2 Å². The number of aliphatic carboxylic acids is 1. The van der Waals surface area contributed by atoms with Crippen molar-refractivity contribution < 1.29 is 28.2 Å². The van der Waals surface area contributed by atoms with E-state index in [9.17, 15) is 18.3 Å². The van der Waals surface area contributed by atoms with Crippen molar-refractivity contribution in [1.82, 2.24) is 8.61 Å². The Labute approximate surface area is 119 Å². The van der Waals surface area contributed by atoms with Gasteiger partial charge in [-0.05, 0) is 13.8 Å². The van der Waals surface area contributed by atoms with E-state index in [4.69, 9.17) is 9.84 Å². The lowest BCUT2D eigenvalue weighted by molar-refractivity contribution is -0.137. The van der Waals surface area contributed by atoms with Crippen LogP contribution in [-0.2, 0) is 19.7 Å². The van der Waals surface area contributed by atoms with Crippen molar-refractivity contribution in [3.05, 3.63) is 0 Å². The molecule has 118 valence electrons. The molecular formula is C11H22N2O6S.